The van der Waals surface area contributed by atoms with E-state index in [0.29, 0.717) is 6.61 Å². The van der Waals surface area contributed by atoms with Gasteiger partial charge in [-0.25, -0.2) is 0 Å². The zero-order valence-electron chi connectivity index (χ0n) is 7.64. The van der Waals surface area contributed by atoms with Gasteiger partial charge in [0.2, 0.25) is 0 Å². The van der Waals surface area contributed by atoms with E-state index in [4.69, 9.17) is 9.47 Å². The molecule has 0 saturated carbocycles. The Hall–Kier alpha value is -0.0800. The molecular weight excluding hydrogens is 140 g/mol. The van der Waals surface area contributed by atoms with Gasteiger partial charge in [0.15, 0.2) is 0 Å². The third-order valence-corrected chi connectivity index (χ3v) is 1.27. The summed E-state index contributed by atoms with van der Waals surface area (Å²) in [5, 5.41) is 0. The van der Waals surface area contributed by atoms with Crippen molar-refractivity contribution in [2.45, 2.75) is 33.1 Å². The first-order chi connectivity index (χ1) is 5.41. The van der Waals surface area contributed by atoms with Gasteiger partial charge in [0.25, 0.3) is 0 Å². The van der Waals surface area contributed by atoms with Crippen molar-refractivity contribution >= 4 is 0 Å². The molecule has 0 aromatic heterocycles. The zero-order chi connectivity index (χ0) is 8.36. The van der Waals surface area contributed by atoms with Gasteiger partial charge in [-0.05, 0) is 12.8 Å². The minimum Gasteiger partial charge on any atom is -0.379 e. The fraction of sp³-hybridized carbons (Fsp3) is 0.889. The maximum atomic E-state index is 5.28. The molecule has 0 aliphatic heterocycles. The molecule has 0 unspecified atom stereocenters. The summed E-state index contributed by atoms with van der Waals surface area (Å²) in [5.41, 5.74) is 0. The largest absolute Gasteiger partial charge is 0.379 e. The summed E-state index contributed by atoms with van der Waals surface area (Å²) < 4.78 is 10.4. The molecule has 0 N–H and O–H groups in total. The normalized spacial score (nSPS) is 10.4. The van der Waals surface area contributed by atoms with Gasteiger partial charge in [0.05, 0.1) is 19.8 Å². The van der Waals surface area contributed by atoms with Gasteiger partial charge in [-0.2, -0.15) is 0 Å². The lowest BCUT2D eigenvalue weighted by Crippen LogP contribution is -2.03. The van der Waals surface area contributed by atoms with E-state index in [1.807, 2.05) is 6.61 Å². The third kappa shape index (κ3) is 9.92. The highest BCUT2D eigenvalue weighted by molar-refractivity contribution is 4.43. The smallest absolute Gasteiger partial charge is 0.0835 e. The molecule has 0 saturated heterocycles. The van der Waals surface area contributed by atoms with Crippen LogP contribution in [0.3, 0.4) is 0 Å². The van der Waals surface area contributed by atoms with Gasteiger partial charge in [0, 0.05) is 6.61 Å². The predicted octanol–water partition coefficient (Wildman–Crippen LogP) is 2.39. The number of hydrogen-bond acceptors (Lipinski definition) is 2. The molecule has 1 radical (unpaired) electrons. The molecule has 0 amide bonds. The fourth-order valence-corrected chi connectivity index (χ4v) is 0.657. The van der Waals surface area contributed by atoms with Crippen LogP contribution in [0, 0.1) is 6.61 Å². The quantitative estimate of drug-likeness (QED) is 0.506. The molecule has 0 fully saturated rings. The van der Waals surface area contributed by atoms with Crippen LogP contribution in [0.4, 0.5) is 0 Å². The number of unbranched alkanes of at least 4 members (excludes halogenated alkanes) is 1. The third-order valence-electron chi connectivity index (χ3n) is 1.27. The second-order valence-electron chi connectivity index (χ2n) is 2.41. The van der Waals surface area contributed by atoms with Crippen LogP contribution in [0.25, 0.3) is 0 Å². The van der Waals surface area contributed by atoms with Crippen LogP contribution in [-0.4, -0.2) is 19.8 Å². The number of rotatable bonds is 8. The van der Waals surface area contributed by atoms with Crippen LogP contribution in [0.2, 0.25) is 0 Å². The highest BCUT2D eigenvalue weighted by Gasteiger charge is 1.87. The lowest BCUT2D eigenvalue weighted by atomic mass is 10.4. The number of ether oxygens (including phenoxy) is 2. The maximum Gasteiger partial charge on any atom is 0.0835 e. The predicted molar refractivity (Wildman–Crippen MR) is 46.3 cm³/mol. The van der Waals surface area contributed by atoms with E-state index >= 15 is 0 Å². The van der Waals surface area contributed by atoms with Crippen LogP contribution in [-0.2, 0) is 9.47 Å². The molecule has 0 atom stereocenters. The summed E-state index contributed by atoms with van der Waals surface area (Å²) in [4.78, 5) is 0. The summed E-state index contributed by atoms with van der Waals surface area (Å²) in [7, 11) is 0. The first kappa shape index (κ1) is 10.9. The van der Waals surface area contributed by atoms with E-state index in [1.54, 1.807) is 0 Å². The molecular formula is C9H19O2. The average molecular weight is 159 g/mol. The van der Waals surface area contributed by atoms with Crippen molar-refractivity contribution in [2.75, 3.05) is 19.8 Å². The molecule has 0 heterocycles. The lowest BCUT2D eigenvalue weighted by molar-refractivity contribution is 0.0691. The Morgan fingerprint density at radius 1 is 1.09 bits per heavy atom. The van der Waals surface area contributed by atoms with Crippen LogP contribution >= 0.6 is 0 Å². The Morgan fingerprint density at radius 2 is 1.91 bits per heavy atom. The van der Waals surface area contributed by atoms with Crippen molar-refractivity contribution in [3.63, 3.8) is 0 Å². The van der Waals surface area contributed by atoms with Crippen LogP contribution < -0.4 is 0 Å². The van der Waals surface area contributed by atoms with Gasteiger partial charge in [-0.15, -0.1) is 0 Å². The van der Waals surface area contributed by atoms with Crippen LogP contribution in [0.5, 0.6) is 0 Å². The topological polar surface area (TPSA) is 18.5 Å². The molecule has 0 rings (SSSR count). The van der Waals surface area contributed by atoms with Crippen molar-refractivity contribution in [3.05, 3.63) is 6.61 Å². The molecule has 0 aromatic carbocycles. The highest BCUT2D eigenvalue weighted by Crippen LogP contribution is 1.90. The first-order valence-electron chi connectivity index (χ1n) is 4.42. The summed E-state index contributed by atoms with van der Waals surface area (Å²) in [6, 6.07) is 0. The second kappa shape index (κ2) is 9.92. The Morgan fingerprint density at radius 3 is 2.55 bits per heavy atom. The van der Waals surface area contributed by atoms with Crippen molar-refractivity contribution in [2.24, 2.45) is 0 Å². The summed E-state index contributed by atoms with van der Waals surface area (Å²) >= 11 is 0. The van der Waals surface area contributed by atoms with Crippen molar-refractivity contribution < 1.29 is 9.47 Å². The zero-order valence-corrected chi connectivity index (χ0v) is 7.64. The van der Waals surface area contributed by atoms with Gasteiger partial charge in [-0.1, -0.05) is 20.3 Å². The molecule has 0 bridgehead atoms. The maximum absolute atomic E-state index is 5.28. The van der Waals surface area contributed by atoms with E-state index in [9.17, 15) is 0 Å². The molecule has 67 valence electrons. The Balaban J connectivity index is 2.69. The van der Waals surface area contributed by atoms with E-state index in [1.165, 1.54) is 6.42 Å². The molecule has 0 spiro atoms. The van der Waals surface area contributed by atoms with Gasteiger partial charge in [0.1, 0.15) is 0 Å². The molecule has 0 aliphatic rings. The lowest BCUT2D eigenvalue weighted by Gasteiger charge is -2.02. The summed E-state index contributed by atoms with van der Waals surface area (Å²) in [6.45, 7) is 8.30. The average Bonchev–Trinajstić information content (AvgIpc) is 2.03. The highest BCUT2D eigenvalue weighted by atomic mass is 16.5. The monoisotopic (exact) mass is 159 g/mol. The molecule has 0 aromatic rings. The standard InChI is InChI=1S/C9H19O2/c1-3-5-7-11-9-8-10-6-4-2/h6H,3-5,7-9H2,1-2H3. The second-order valence-corrected chi connectivity index (χ2v) is 2.41. The molecule has 2 heteroatoms. The SMILES string of the molecule is CC[CH]OCCOCCCC. The fourth-order valence-electron chi connectivity index (χ4n) is 0.657. The minimum atomic E-state index is 0.692. The molecule has 11 heavy (non-hydrogen) atoms. The van der Waals surface area contributed by atoms with Crippen LogP contribution in [0.15, 0.2) is 0 Å². The van der Waals surface area contributed by atoms with E-state index in [2.05, 4.69) is 13.8 Å². The van der Waals surface area contributed by atoms with Gasteiger partial charge >= 0.3 is 0 Å². The Labute approximate surface area is 69.9 Å². The summed E-state index contributed by atoms with van der Waals surface area (Å²) in [5.74, 6) is 0. The van der Waals surface area contributed by atoms with Crippen LogP contribution in [0.1, 0.15) is 33.1 Å². The van der Waals surface area contributed by atoms with E-state index in [0.717, 1.165) is 26.1 Å². The van der Waals surface area contributed by atoms with Crippen molar-refractivity contribution in [1.82, 2.24) is 0 Å². The summed E-state index contributed by atoms with van der Waals surface area (Å²) in [6.07, 6.45) is 3.31. The van der Waals surface area contributed by atoms with Gasteiger partial charge in [-0.3, -0.25) is 0 Å². The minimum absolute atomic E-state index is 0.692. The Bertz CT molecular complexity index is 56.6. The first-order valence-corrected chi connectivity index (χ1v) is 4.42. The van der Waals surface area contributed by atoms with E-state index < -0.39 is 0 Å². The molecule has 2 nitrogen and oxygen atoms in total. The number of hydrogen-bond donors (Lipinski definition) is 0. The Kier molecular flexibility index (Phi) is 9.85. The van der Waals surface area contributed by atoms with Gasteiger partial charge < -0.3 is 9.47 Å². The van der Waals surface area contributed by atoms with Crippen molar-refractivity contribution in [1.29, 1.82) is 0 Å². The van der Waals surface area contributed by atoms with Crippen molar-refractivity contribution in [3.8, 4) is 0 Å². The molecule has 0 aliphatic carbocycles. The van der Waals surface area contributed by atoms with E-state index in [-0.39, 0.29) is 0 Å².